The smallest absolute Gasteiger partial charge is 0.146 e. The van der Waals surface area contributed by atoms with Gasteiger partial charge in [0, 0.05) is 11.6 Å². The second-order valence-electron chi connectivity index (χ2n) is 4.73. The maximum atomic E-state index is 6.11. The average molecular weight is 307 g/mol. The van der Waals surface area contributed by atoms with Crippen LogP contribution in [0.3, 0.4) is 0 Å². The summed E-state index contributed by atoms with van der Waals surface area (Å²) in [5, 5.41) is 1.43. The number of fused-ring (bicyclic) bond motifs is 1. The van der Waals surface area contributed by atoms with Gasteiger partial charge in [-0.05, 0) is 43.1 Å². The molecule has 2 aromatic heterocycles. The Morgan fingerprint density at radius 2 is 2.20 bits per heavy atom. The first-order valence-electron chi connectivity index (χ1n) is 6.49. The van der Waals surface area contributed by atoms with Crippen LogP contribution in [0.1, 0.15) is 19.0 Å². The van der Waals surface area contributed by atoms with Crippen molar-refractivity contribution in [2.75, 3.05) is 5.73 Å². The number of nitrogens with zero attached hydrogens (tertiary/aromatic N) is 3. The van der Waals surface area contributed by atoms with Gasteiger partial charge in [0.2, 0.25) is 0 Å². The third kappa shape index (κ3) is 2.07. The first-order chi connectivity index (χ1) is 9.61. The lowest BCUT2D eigenvalue weighted by atomic mass is 10.2. The van der Waals surface area contributed by atoms with Crippen molar-refractivity contribution >= 4 is 39.2 Å². The van der Waals surface area contributed by atoms with Crippen LogP contribution in [0.15, 0.2) is 18.2 Å². The summed E-state index contributed by atoms with van der Waals surface area (Å²) in [5.74, 6) is 0.882. The second-order valence-corrected chi connectivity index (χ2v) is 5.97. The molecule has 3 aromatic rings. The monoisotopic (exact) mass is 306 g/mol. The quantitative estimate of drug-likeness (QED) is 0.792. The highest BCUT2D eigenvalue weighted by molar-refractivity contribution is 7.10. The molecule has 0 saturated heterocycles. The van der Waals surface area contributed by atoms with Crippen molar-refractivity contribution in [3.63, 3.8) is 0 Å². The van der Waals surface area contributed by atoms with E-state index in [1.54, 1.807) is 0 Å². The van der Waals surface area contributed by atoms with E-state index in [0.29, 0.717) is 5.00 Å². The molecule has 2 N–H and O–H groups in total. The summed E-state index contributed by atoms with van der Waals surface area (Å²) in [6.45, 7) is 4.98. The lowest BCUT2D eigenvalue weighted by molar-refractivity contribution is 0.704. The van der Waals surface area contributed by atoms with Gasteiger partial charge >= 0.3 is 0 Å². The molecule has 0 atom stereocenters. The standard InChI is InChI=1S/C14H15ClN4S/c1-3-6-19-11-7-9(15)4-5-10(11)17-14(19)12-8(2)18-20-13(12)16/h4-5,7H,3,6,16H2,1-2H3. The molecule has 2 heterocycles. The molecule has 0 aliphatic rings. The van der Waals surface area contributed by atoms with E-state index in [2.05, 4.69) is 15.9 Å². The van der Waals surface area contributed by atoms with E-state index in [0.717, 1.165) is 46.1 Å². The van der Waals surface area contributed by atoms with Crippen molar-refractivity contribution in [2.24, 2.45) is 0 Å². The highest BCUT2D eigenvalue weighted by Crippen LogP contribution is 2.34. The molecule has 0 saturated carbocycles. The van der Waals surface area contributed by atoms with Gasteiger partial charge in [0.15, 0.2) is 0 Å². The van der Waals surface area contributed by atoms with Crippen LogP contribution in [-0.4, -0.2) is 13.9 Å². The van der Waals surface area contributed by atoms with Gasteiger partial charge in [-0.15, -0.1) is 0 Å². The molecule has 0 unspecified atom stereocenters. The Balaban J connectivity index is 2.32. The zero-order valence-corrected chi connectivity index (χ0v) is 12.9. The van der Waals surface area contributed by atoms with Crippen LogP contribution in [0.25, 0.3) is 22.4 Å². The molecule has 104 valence electrons. The molecular formula is C14H15ClN4S. The van der Waals surface area contributed by atoms with E-state index in [4.69, 9.17) is 22.3 Å². The molecule has 0 amide bonds. The zero-order chi connectivity index (χ0) is 14.3. The topological polar surface area (TPSA) is 56.7 Å². The van der Waals surface area contributed by atoms with Crippen molar-refractivity contribution in [3.8, 4) is 11.4 Å². The lowest BCUT2D eigenvalue weighted by Gasteiger charge is -2.08. The number of benzene rings is 1. The van der Waals surface area contributed by atoms with Crippen LogP contribution in [-0.2, 0) is 6.54 Å². The first kappa shape index (κ1) is 13.4. The van der Waals surface area contributed by atoms with Crippen LogP contribution in [0, 0.1) is 6.92 Å². The maximum Gasteiger partial charge on any atom is 0.146 e. The van der Waals surface area contributed by atoms with Crippen molar-refractivity contribution < 1.29 is 0 Å². The number of aromatic nitrogens is 3. The van der Waals surface area contributed by atoms with E-state index in [-0.39, 0.29) is 0 Å². The van der Waals surface area contributed by atoms with Crippen molar-refractivity contribution in [3.05, 3.63) is 28.9 Å². The van der Waals surface area contributed by atoms with E-state index in [1.165, 1.54) is 11.5 Å². The molecule has 0 aliphatic heterocycles. The number of aryl methyl sites for hydroxylation is 2. The largest absolute Gasteiger partial charge is 0.389 e. The molecule has 0 spiro atoms. The molecule has 20 heavy (non-hydrogen) atoms. The molecule has 3 rings (SSSR count). The summed E-state index contributed by atoms with van der Waals surface area (Å²) in [5.41, 5.74) is 9.90. The summed E-state index contributed by atoms with van der Waals surface area (Å²) in [6, 6.07) is 5.76. The summed E-state index contributed by atoms with van der Waals surface area (Å²) in [6.07, 6.45) is 1.02. The van der Waals surface area contributed by atoms with Crippen LogP contribution >= 0.6 is 23.1 Å². The van der Waals surface area contributed by atoms with Gasteiger partial charge in [0.1, 0.15) is 10.8 Å². The number of anilines is 1. The van der Waals surface area contributed by atoms with Crippen molar-refractivity contribution in [1.29, 1.82) is 0 Å². The van der Waals surface area contributed by atoms with Crippen molar-refractivity contribution in [1.82, 2.24) is 13.9 Å². The molecule has 6 heteroatoms. The van der Waals surface area contributed by atoms with Gasteiger partial charge < -0.3 is 10.3 Å². The second kappa shape index (κ2) is 5.07. The fourth-order valence-corrected chi connectivity index (χ4v) is 3.22. The number of nitrogens with two attached hydrogens (primary N) is 1. The Bertz CT molecular complexity index is 755. The van der Waals surface area contributed by atoms with Crippen LogP contribution < -0.4 is 5.73 Å². The highest BCUT2D eigenvalue weighted by Gasteiger charge is 2.18. The minimum Gasteiger partial charge on any atom is -0.389 e. The highest BCUT2D eigenvalue weighted by atomic mass is 35.5. The predicted octanol–water partition coefficient (Wildman–Crippen LogP) is 4.11. The van der Waals surface area contributed by atoms with Crippen molar-refractivity contribution in [2.45, 2.75) is 26.8 Å². The molecule has 1 aromatic carbocycles. The number of nitrogen functional groups attached to an aromatic ring is 1. The van der Waals surface area contributed by atoms with E-state index >= 15 is 0 Å². The van der Waals surface area contributed by atoms with Gasteiger partial charge in [-0.1, -0.05) is 18.5 Å². The van der Waals surface area contributed by atoms with Crippen LogP contribution in [0.2, 0.25) is 5.02 Å². The fraction of sp³-hybridized carbons (Fsp3) is 0.286. The number of imidazole rings is 1. The van der Waals surface area contributed by atoms with Gasteiger partial charge in [-0.3, -0.25) is 0 Å². The molecule has 0 fully saturated rings. The number of rotatable bonds is 3. The van der Waals surface area contributed by atoms with Gasteiger partial charge in [-0.2, -0.15) is 4.37 Å². The normalized spacial score (nSPS) is 11.3. The zero-order valence-electron chi connectivity index (χ0n) is 11.4. The minimum absolute atomic E-state index is 0.709. The Hall–Kier alpha value is -1.59. The Kier molecular flexibility index (Phi) is 3.40. The molecular weight excluding hydrogens is 292 g/mol. The molecule has 0 bridgehead atoms. The van der Waals surface area contributed by atoms with Gasteiger partial charge in [0.25, 0.3) is 0 Å². The summed E-state index contributed by atoms with van der Waals surface area (Å²) < 4.78 is 6.49. The Morgan fingerprint density at radius 3 is 2.85 bits per heavy atom. The number of halogens is 1. The maximum absolute atomic E-state index is 6.11. The van der Waals surface area contributed by atoms with Gasteiger partial charge in [0.05, 0.1) is 22.3 Å². The summed E-state index contributed by atoms with van der Waals surface area (Å²) in [4.78, 5) is 4.73. The SMILES string of the molecule is CCCn1c(-c2c(C)nsc2N)nc2ccc(Cl)cc21. The number of hydrogen-bond donors (Lipinski definition) is 1. The molecule has 4 nitrogen and oxygen atoms in total. The van der Waals surface area contributed by atoms with Gasteiger partial charge in [-0.25, -0.2) is 4.98 Å². The third-order valence-corrected chi connectivity index (χ3v) is 4.27. The molecule has 0 radical (unpaired) electrons. The van der Waals surface area contributed by atoms with Crippen LogP contribution in [0.5, 0.6) is 0 Å². The minimum atomic E-state index is 0.709. The Labute approximate surface area is 126 Å². The number of hydrogen-bond acceptors (Lipinski definition) is 4. The Morgan fingerprint density at radius 1 is 1.40 bits per heavy atom. The lowest BCUT2D eigenvalue weighted by Crippen LogP contribution is -2.01. The fourth-order valence-electron chi connectivity index (χ4n) is 2.40. The third-order valence-electron chi connectivity index (χ3n) is 3.27. The average Bonchev–Trinajstić information content (AvgIpc) is 2.92. The predicted molar refractivity (Wildman–Crippen MR) is 85.3 cm³/mol. The summed E-state index contributed by atoms with van der Waals surface area (Å²) >= 11 is 7.43. The van der Waals surface area contributed by atoms with E-state index < -0.39 is 0 Å². The van der Waals surface area contributed by atoms with Crippen LogP contribution in [0.4, 0.5) is 5.00 Å². The van der Waals surface area contributed by atoms with E-state index in [1.807, 2.05) is 25.1 Å². The van der Waals surface area contributed by atoms with E-state index in [9.17, 15) is 0 Å². The first-order valence-corrected chi connectivity index (χ1v) is 7.65. The molecule has 0 aliphatic carbocycles. The summed E-state index contributed by atoms with van der Waals surface area (Å²) in [7, 11) is 0.